The van der Waals surface area contributed by atoms with Gasteiger partial charge < -0.3 is 20.3 Å². The Morgan fingerprint density at radius 2 is 2.00 bits per heavy atom. The van der Waals surface area contributed by atoms with E-state index < -0.39 is 18.3 Å². The Morgan fingerprint density at radius 1 is 1.26 bits per heavy atom. The van der Waals surface area contributed by atoms with Crippen molar-refractivity contribution >= 4 is 17.4 Å². The van der Waals surface area contributed by atoms with Crippen molar-refractivity contribution in [2.24, 2.45) is 0 Å². The molecule has 0 saturated carbocycles. The van der Waals surface area contributed by atoms with Gasteiger partial charge in [-0.25, -0.2) is 4.79 Å². The number of alkyl carbamates (subject to hydrolysis) is 1. The van der Waals surface area contributed by atoms with E-state index in [0.717, 1.165) is 16.7 Å². The molecule has 1 amide bonds. The molecule has 0 fully saturated rings. The zero-order valence-corrected chi connectivity index (χ0v) is 13.8. The van der Waals surface area contributed by atoms with E-state index in [9.17, 15) is 15.0 Å². The number of aryl methyl sites for hydroxylation is 1. The molecular weight excluding hydrogens is 314 g/mol. The summed E-state index contributed by atoms with van der Waals surface area (Å²) in [7, 11) is 0. The number of carbonyl (C=O) groups excluding carboxylic acids is 1. The number of benzene rings is 1. The molecule has 0 aliphatic carbocycles. The van der Waals surface area contributed by atoms with Crippen LogP contribution < -0.4 is 5.32 Å². The minimum absolute atomic E-state index is 0.200. The van der Waals surface area contributed by atoms with Crippen molar-refractivity contribution < 1.29 is 19.7 Å². The van der Waals surface area contributed by atoms with Gasteiger partial charge in [-0.05, 0) is 40.8 Å². The first-order chi connectivity index (χ1) is 11.1. The maximum absolute atomic E-state index is 11.6. The number of hydrogen-bond donors (Lipinski definition) is 3. The quantitative estimate of drug-likeness (QED) is 0.727. The van der Waals surface area contributed by atoms with Crippen LogP contribution in [-0.4, -0.2) is 29.0 Å². The Balaban J connectivity index is 1.68. The smallest absolute Gasteiger partial charge is 0.407 e. The van der Waals surface area contributed by atoms with Crippen molar-refractivity contribution in [1.82, 2.24) is 5.32 Å². The molecule has 6 heteroatoms. The number of ether oxygens (including phenoxy) is 1. The number of nitrogens with one attached hydrogen (secondary N) is 1. The van der Waals surface area contributed by atoms with Gasteiger partial charge >= 0.3 is 6.09 Å². The third-order valence-corrected chi connectivity index (χ3v) is 4.38. The SMILES string of the molecule is Cc1cscc1C(O)C(O)CCNC(=O)OCc1ccccc1. The highest BCUT2D eigenvalue weighted by atomic mass is 32.1. The number of aliphatic hydroxyl groups excluding tert-OH is 2. The molecule has 23 heavy (non-hydrogen) atoms. The molecule has 1 aromatic heterocycles. The predicted molar refractivity (Wildman–Crippen MR) is 89.3 cm³/mol. The first-order valence-electron chi connectivity index (χ1n) is 7.41. The van der Waals surface area contributed by atoms with Crippen LogP contribution in [0.5, 0.6) is 0 Å². The summed E-state index contributed by atoms with van der Waals surface area (Å²) < 4.78 is 5.07. The molecule has 1 heterocycles. The molecule has 2 rings (SSSR count). The highest BCUT2D eigenvalue weighted by Gasteiger charge is 2.20. The topological polar surface area (TPSA) is 78.8 Å². The van der Waals surface area contributed by atoms with Crippen LogP contribution in [0.25, 0.3) is 0 Å². The van der Waals surface area contributed by atoms with Crippen LogP contribution in [0.4, 0.5) is 4.79 Å². The van der Waals surface area contributed by atoms with Crippen molar-refractivity contribution in [2.75, 3.05) is 6.54 Å². The second-order valence-corrected chi connectivity index (χ2v) is 6.04. The van der Waals surface area contributed by atoms with Crippen LogP contribution in [0, 0.1) is 6.92 Å². The monoisotopic (exact) mass is 335 g/mol. The van der Waals surface area contributed by atoms with Crippen LogP contribution in [-0.2, 0) is 11.3 Å². The van der Waals surface area contributed by atoms with Crippen molar-refractivity contribution in [3.05, 3.63) is 57.8 Å². The fourth-order valence-corrected chi connectivity index (χ4v) is 3.01. The van der Waals surface area contributed by atoms with Gasteiger partial charge in [0.15, 0.2) is 0 Å². The molecular formula is C17H21NO4S. The van der Waals surface area contributed by atoms with Crippen LogP contribution in [0.1, 0.15) is 29.2 Å². The highest BCUT2D eigenvalue weighted by Crippen LogP contribution is 2.25. The van der Waals surface area contributed by atoms with Gasteiger partial charge in [-0.3, -0.25) is 0 Å². The predicted octanol–water partition coefficient (Wildman–Crippen LogP) is 2.77. The lowest BCUT2D eigenvalue weighted by atomic mass is 10.0. The number of carbonyl (C=O) groups is 1. The zero-order chi connectivity index (χ0) is 16.7. The van der Waals surface area contributed by atoms with Gasteiger partial charge in [0, 0.05) is 6.54 Å². The maximum Gasteiger partial charge on any atom is 0.407 e. The molecule has 0 saturated heterocycles. The van der Waals surface area contributed by atoms with Gasteiger partial charge in [-0.1, -0.05) is 30.3 Å². The third kappa shape index (κ3) is 5.35. The fraction of sp³-hybridized carbons (Fsp3) is 0.353. The summed E-state index contributed by atoms with van der Waals surface area (Å²) in [6.07, 6.45) is -2.17. The number of aliphatic hydroxyl groups is 2. The average molecular weight is 335 g/mol. The van der Waals surface area contributed by atoms with E-state index in [0.29, 0.717) is 0 Å². The molecule has 2 unspecified atom stereocenters. The number of thiophene rings is 1. The Morgan fingerprint density at radius 3 is 2.65 bits per heavy atom. The van der Waals surface area contributed by atoms with E-state index in [1.54, 1.807) is 0 Å². The Kier molecular flexibility index (Phi) is 6.58. The summed E-state index contributed by atoms with van der Waals surface area (Å²) in [5.41, 5.74) is 2.59. The largest absolute Gasteiger partial charge is 0.445 e. The minimum Gasteiger partial charge on any atom is -0.445 e. The molecule has 1 aromatic carbocycles. The van der Waals surface area contributed by atoms with Gasteiger partial charge in [-0.15, -0.1) is 0 Å². The molecule has 2 aromatic rings. The third-order valence-electron chi connectivity index (χ3n) is 3.50. The lowest BCUT2D eigenvalue weighted by Gasteiger charge is -2.18. The molecule has 2 atom stereocenters. The second kappa shape index (κ2) is 8.67. The Labute approximate surface area is 139 Å². The number of rotatable bonds is 7. The normalized spacial score (nSPS) is 13.3. The average Bonchev–Trinajstić information content (AvgIpc) is 2.99. The first kappa shape index (κ1) is 17.5. The highest BCUT2D eigenvalue weighted by molar-refractivity contribution is 7.08. The van der Waals surface area contributed by atoms with Crippen LogP contribution >= 0.6 is 11.3 Å². The van der Waals surface area contributed by atoms with Gasteiger partial charge in [0.2, 0.25) is 0 Å². The zero-order valence-electron chi connectivity index (χ0n) is 12.9. The van der Waals surface area contributed by atoms with E-state index in [-0.39, 0.29) is 19.6 Å². The standard InChI is InChI=1S/C17H21NO4S/c1-12-10-23-11-14(12)16(20)15(19)7-8-18-17(21)22-9-13-5-3-2-4-6-13/h2-6,10-11,15-16,19-20H,7-9H2,1H3,(H,18,21). The summed E-state index contributed by atoms with van der Waals surface area (Å²) >= 11 is 1.48. The number of hydrogen-bond acceptors (Lipinski definition) is 5. The van der Waals surface area contributed by atoms with E-state index in [1.165, 1.54) is 11.3 Å². The molecule has 3 N–H and O–H groups in total. The second-order valence-electron chi connectivity index (χ2n) is 5.30. The van der Waals surface area contributed by atoms with Crippen molar-refractivity contribution in [3.8, 4) is 0 Å². The van der Waals surface area contributed by atoms with E-state index in [2.05, 4.69) is 5.32 Å². The van der Waals surface area contributed by atoms with Crippen LogP contribution in [0.15, 0.2) is 41.1 Å². The summed E-state index contributed by atoms with van der Waals surface area (Å²) in [5.74, 6) is 0. The molecule has 124 valence electrons. The van der Waals surface area contributed by atoms with E-state index in [1.807, 2.05) is 48.0 Å². The van der Waals surface area contributed by atoms with Gasteiger partial charge in [0.25, 0.3) is 0 Å². The minimum atomic E-state index is -0.941. The first-order valence-corrected chi connectivity index (χ1v) is 8.35. The summed E-state index contributed by atoms with van der Waals surface area (Å²) in [4.78, 5) is 11.6. The molecule has 0 aliphatic rings. The van der Waals surface area contributed by atoms with Gasteiger partial charge in [-0.2, -0.15) is 11.3 Å². The van der Waals surface area contributed by atoms with E-state index >= 15 is 0 Å². The van der Waals surface area contributed by atoms with Gasteiger partial charge in [0.05, 0.1) is 6.10 Å². The summed E-state index contributed by atoms with van der Waals surface area (Å²) in [5, 5.41) is 26.4. The fourth-order valence-electron chi connectivity index (χ4n) is 2.13. The molecule has 0 spiro atoms. The summed E-state index contributed by atoms with van der Waals surface area (Å²) in [6, 6.07) is 9.39. The molecule has 0 aliphatic heterocycles. The molecule has 5 nitrogen and oxygen atoms in total. The lowest BCUT2D eigenvalue weighted by molar-refractivity contribution is 0.0135. The lowest BCUT2D eigenvalue weighted by Crippen LogP contribution is -2.29. The van der Waals surface area contributed by atoms with Crippen molar-refractivity contribution in [3.63, 3.8) is 0 Å². The van der Waals surface area contributed by atoms with Crippen molar-refractivity contribution in [2.45, 2.75) is 32.2 Å². The number of amides is 1. The molecule has 0 bridgehead atoms. The maximum atomic E-state index is 11.6. The Hall–Kier alpha value is -1.89. The van der Waals surface area contributed by atoms with Crippen LogP contribution in [0.3, 0.4) is 0 Å². The van der Waals surface area contributed by atoms with Crippen molar-refractivity contribution in [1.29, 1.82) is 0 Å². The van der Waals surface area contributed by atoms with Gasteiger partial charge in [0.1, 0.15) is 12.7 Å². The summed E-state index contributed by atoms with van der Waals surface area (Å²) in [6.45, 7) is 2.32. The molecule has 0 radical (unpaired) electrons. The van der Waals surface area contributed by atoms with E-state index in [4.69, 9.17) is 4.74 Å². The Bertz CT molecular complexity index is 614. The van der Waals surface area contributed by atoms with Crippen LogP contribution in [0.2, 0.25) is 0 Å².